The molecule has 2 heterocycles. The number of hydrogen-bond acceptors (Lipinski definition) is 5. The second kappa shape index (κ2) is 3.10. The fraction of sp³-hybridized carbons (Fsp3) is 0.556. The van der Waals surface area contributed by atoms with Gasteiger partial charge in [-0.2, -0.15) is 5.10 Å². The van der Waals surface area contributed by atoms with Gasteiger partial charge in [0.15, 0.2) is 5.17 Å². The average molecular weight is 211 g/mol. The first-order valence-corrected chi connectivity index (χ1v) is 5.31. The number of amidine groups is 1. The summed E-state index contributed by atoms with van der Waals surface area (Å²) in [5.41, 5.74) is 0.134. The van der Waals surface area contributed by atoms with E-state index in [9.17, 15) is 5.11 Å². The Balaban J connectivity index is 2.22. The van der Waals surface area contributed by atoms with Gasteiger partial charge in [0.05, 0.1) is 6.54 Å². The molecule has 1 N–H and O–H groups in total. The summed E-state index contributed by atoms with van der Waals surface area (Å²) in [5, 5.41) is 17.5. The van der Waals surface area contributed by atoms with Gasteiger partial charge in [-0.15, -0.1) is 0 Å². The summed E-state index contributed by atoms with van der Waals surface area (Å²) in [6, 6.07) is 0. The molecule has 2 aliphatic heterocycles. The molecule has 0 aromatic rings. The summed E-state index contributed by atoms with van der Waals surface area (Å²) in [6.07, 6.45) is 2.01. The molecule has 0 fully saturated rings. The maximum atomic E-state index is 9.78. The minimum Gasteiger partial charge on any atom is -0.383 e. The lowest BCUT2D eigenvalue weighted by Gasteiger charge is -2.15. The molecule has 0 radical (unpaired) electrons. The molecule has 0 amide bonds. The largest absolute Gasteiger partial charge is 0.383 e. The van der Waals surface area contributed by atoms with Crippen molar-refractivity contribution < 1.29 is 5.11 Å². The van der Waals surface area contributed by atoms with E-state index in [0.717, 1.165) is 17.4 Å². The monoisotopic (exact) mass is 211 g/mol. The highest BCUT2D eigenvalue weighted by atomic mass is 32.2. The Kier molecular flexibility index (Phi) is 2.16. The molecule has 4 nitrogen and oxygen atoms in total. The quantitative estimate of drug-likeness (QED) is 0.713. The standard InChI is InChI=1S/C9H13N3OS/c1-6-4-5-12-8(10-6)14-7(11-12)9(2,3)13/h4,13H,5H2,1-3H3. The number of nitrogens with zero attached hydrogens (tertiary/aromatic N) is 3. The number of rotatable bonds is 1. The molecule has 0 aromatic carbocycles. The van der Waals surface area contributed by atoms with Gasteiger partial charge in [-0.1, -0.05) is 0 Å². The van der Waals surface area contributed by atoms with Gasteiger partial charge in [-0.25, -0.2) is 10.0 Å². The smallest absolute Gasteiger partial charge is 0.191 e. The van der Waals surface area contributed by atoms with E-state index in [4.69, 9.17) is 0 Å². The van der Waals surface area contributed by atoms with Crippen molar-refractivity contribution in [3.8, 4) is 0 Å². The number of hydrogen-bond donors (Lipinski definition) is 1. The van der Waals surface area contributed by atoms with E-state index in [1.54, 1.807) is 13.8 Å². The van der Waals surface area contributed by atoms with E-state index < -0.39 is 5.60 Å². The Morgan fingerprint density at radius 1 is 1.57 bits per heavy atom. The summed E-state index contributed by atoms with van der Waals surface area (Å²) >= 11 is 1.44. The van der Waals surface area contributed by atoms with Crippen LogP contribution in [0.2, 0.25) is 0 Å². The van der Waals surface area contributed by atoms with Gasteiger partial charge >= 0.3 is 0 Å². The number of aliphatic hydroxyl groups is 1. The fourth-order valence-electron chi connectivity index (χ4n) is 1.17. The molecule has 0 bridgehead atoms. The Morgan fingerprint density at radius 2 is 2.29 bits per heavy atom. The van der Waals surface area contributed by atoms with Gasteiger partial charge < -0.3 is 5.11 Å². The molecule has 5 heteroatoms. The Hall–Kier alpha value is -0.810. The number of allylic oxidation sites excluding steroid dienone is 1. The number of thioether (sulfide) groups is 1. The highest BCUT2D eigenvalue weighted by Crippen LogP contribution is 2.29. The zero-order valence-electron chi connectivity index (χ0n) is 8.48. The minimum atomic E-state index is -0.877. The lowest BCUT2D eigenvalue weighted by molar-refractivity contribution is 0.156. The van der Waals surface area contributed by atoms with Crippen LogP contribution in [0.4, 0.5) is 0 Å². The van der Waals surface area contributed by atoms with Gasteiger partial charge in [0.25, 0.3) is 0 Å². The van der Waals surface area contributed by atoms with E-state index in [0.29, 0.717) is 5.04 Å². The van der Waals surface area contributed by atoms with Crippen LogP contribution in [0, 0.1) is 0 Å². The number of aliphatic imine (C=N–C) groups is 1. The van der Waals surface area contributed by atoms with Crippen molar-refractivity contribution in [1.82, 2.24) is 5.01 Å². The van der Waals surface area contributed by atoms with Gasteiger partial charge in [0.2, 0.25) is 0 Å². The SMILES string of the molecule is CC1=CCN2N=C(C(C)(C)O)SC2=N1. The third-order valence-corrected chi connectivity index (χ3v) is 3.23. The van der Waals surface area contributed by atoms with Crippen LogP contribution in [0.25, 0.3) is 0 Å². The molecule has 0 aliphatic carbocycles. The van der Waals surface area contributed by atoms with E-state index in [-0.39, 0.29) is 0 Å². The lowest BCUT2D eigenvalue weighted by Crippen LogP contribution is -2.27. The van der Waals surface area contributed by atoms with Gasteiger partial charge in [-0.3, -0.25) is 0 Å². The number of hydrazone groups is 1. The zero-order chi connectivity index (χ0) is 10.3. The second-order valence-electron chi connectivity index (χ2n) is 3.89. The Morgan fingerprint density at radius 3 is 2.93 bits per heavy atom. The molecular formula is C9H13N3OS. The third kappa shape index (κ3) is 1.69. The van der Waals surface area contributed by atoms with Gasteiger partial charge in [0.1, 0.15) is 10.6 Å². The molecule has 0 atom stereocenters. The molecule has 0 spiro atoms. The molecular weight excluding hydrogens is 198 g/mol. The average Bonchev–Trinajstić information content (AvgIpc) is 2.45. The molecule has 0 saturated carbocycles. The third-order valence-electron chi connectivity index (χ3n) is 1.98. The van der Waals surface area contributed by atoms with Crippen LogP contribution >= 0.6 is 11.8 Å². The predicted octanol–water partition coefficient (Wildman–Crippen LogP) is 1.39. The van der Waals surface area contributed by atoms with Crippen molar-refractivity contribution in [3.63, 3.8) is 0 Å². The summed E-state index contributed by atoms with van der Waals surface area (Å²) in [4.78, 5) is 4.35. The van der Waals surface area contributed by atoms with Gasteiger partial charge in [0, 0.05) is 5.70 Å². The molecule has 0 unspecified atom stereocenters. The van der Waals surface area contributed by atoms with Crippen LogP contribution in [0.5, 0.6) is 0 Å². The first kappa shape index (κ1) is 9.73. The minimum absolute atomic E-state index is 0.708. The first-order valence-electron chi connectivity index (χ1n) is 4.49. The zero-order valence-corrected chi connectivity index (χ0v) is 9.30. The number of fused-ring (bicyclic) bond motifs is 1. The van der Waals surface area contributed by atoms with Gasteiger partial charge in [-0.05, 0) is 38.6 Å². The highest BCUT2D eigenvalue weighted by molar-refractivity contribution is 8.27. The van der Waals surface area contributed by atoms with E-state index in [1.165, 1.54) is 11.8 Å². The molecule has 0 saturated heterocycles. The van der Waals surface area contributed by atoms with Crippen molar-refractivity contribution in [1.29, 1.82) is 0 Å². The maximum absolute atomic E-state index is 9.78. The molecule has 2 rings (SSSR count). The second-order valence-corrected chi connectivity index (χ2v) is 4.84. The van der Waals surface area contributed by atoms with Crippen molar-refractivity contribution in [2.75, 3.05) is 6.54 Å². The van der Waals surface area contributed by atoms with Crippen LogP contribution in [0.1, 0.15) is 20.8 Å². The topological polar surface area (TPSA) is 48.2 Å². The first-order chi connectivity index (χ1) is 6.47. The highest BCUT2D eigenvalue weighted by Gasteiger charge is 2.33. The van der Waals surface area contributed by atoms with Crippen molar-refractivity contribution in [2.45, 2.75) is 26.4 Å². The molecule has 14 heavy (non-hydrogen) atoms. The summed E-state index contributed by atoms with van der Waals surface area (Å²) < 4.78 is 0. The predicted molar refractivity (Wildman–Crippen MR) is 59.2 cm³/mol. The van der Waals surface area contributed by atoms with Crippen LogP contribution in [-0.4, -0.2) is 32.5 Å². The molecule has 0 aromatic heterocycles. The molecule has 76 valence electrons. The fourth-order valence-corrected chi connectivity index (χ4v) is 2.15. The molecule has 2 aliphatic rings. The van der Waals surface area contributed by atoms with Crippen LogP contribution in [-0.2, 0) is 0 Å². The van der Waals surface area contributed by atoms with Crippen molar-refractivity contribution in [2.24, 2.45) is 10.1 Å². The summed E-state index contributed by atoms with van der Waals surface area (Å²) in [6.45, 7) is 6.18. The summed E-state index contributed by atoms with van der Waals surface area (Å²) in [7, 11) is 0. The van der Waals surface area contributed by atoms with E-state index in [2.05, 4.69) is 10.1 Å². The van der Waals surface area contributed by atoms with Crippen LogP contribution in [0.15, 0.2) is 21.9 Å². The van der Waals surface area contributed by atoms with E-state index >= 15 is 0 Å². The van der Waals surface area contributed by atoms with Crippen LogP contribution < -0.4 is 0 Å². The normalized spacial score (nSPS) is 21.4. The van der Waals surface area contributed by atoms with Crippen molar-refractivity contribution in [3.05, 3.63) is 11.8 Å². The Bertz CT molecular complexity index is 352. The Labute approximate surface area is 87.4 Å². The lowest BCUT2D eigenvalue weighted by atomic mass is 10.2. The van der Waals surface area contributed by atoms with Crippen molar-refractivity contribution >= 4 is 22.0 Å². The van der Waals surface area contributed by atoms with Crippen LogP contribution in [0.3, 0.4) is 0 Å². The summed E-state index contributed by atoms with van der Waals surface area (Å²) in [5.74, 6) is 0. The maximum Gasteiger partial charge on any atom is 0.191 e. The van der Waals surface area contributed by atoms with E-state index in [1.807, 2.05) is 18.0 Å².